The van der Waals surface area contributed by atoms with Gasteiger partial charge >= 0.3 is 0 Å². The van der Waals surface area contributed by atoms with Crippen molar-refractivity contribution in [2.45, 2.75) is 0 Å². The highest BCUT2D eigenvalue weighted by atomic mass is 35.5. The third kappa shape index (κ3) is 1.78. The first-order chi connectivity index (χ1) is 8.24. The maximum absolute atomic E-state index is 6.14. The molecule has 0 atom stereocenters. The van der Waals surface area contributed by atoms with Crippen LogP contribution in [0.25, 0.3) is 11.3 Å². The molecule has 1 aliphatic heterocycles. The summed E-state index contributed by atoms with van der Waals surface area (Å²) >= 11 is 6.14. The quantitative estimate of drug-likeness (QED) is 0.844. The summed E-state index contributed by atoms with van der Waals surface area (Å²) in [5.41, 5.74) is 6.18. The van der Waals surface area contributed by atoms with Gasteiger partial charge < -0.3 is 19.7 Å². The predicted molar refractivity (Wildman–Crippen MR) is 62.4 cm³/mol. The zero-order valence-electron chi connectivity index (χ0n) is 8.77. The molecule has 88 valence electrons. The molecule has 2 aromatic rings. The van der Waals surface area contributed by atoms with Gasteiger partial charge in [0.05, 0.1) is 5.02 Å². The van der Waals surface area contributed by atoms with Crippen molar-refractivity contribution in [1.82, 2.24) is 5.16 Å². The van der Waals surface area contributed by atoms with Crippen LogP contribution in [0.5, 0.6) is 11.5 Å². The van der Waals surface area contributed by atoms with Gasteiger partial charge in [-0.3, -0.25) is 0 Å². The first-order valence-electron chi connectivity index (χ1n) is 5.06. The van der Waals surface area contributed by atoms with Gasteiger partial charge in [-0.1, -0.05) is 16.8 Å². The van der Waals surface area contributed by atoms with Crippen molar-refractivity contribution in [3.8, 4) is 22.8 Å². The minimum absolute atomic E-state index is 0.311. The number of halogens is 1. The molecule has 2 N–H and O–H groups in total. The molecule has 0 amide bonds. The van der Waals surface area contributed by atoms with Crippen LogP contribution >= 0.6 is 11.6 Å². The van der Waals surface area contributed by atoms with E-state index in [1.807, 2.05) is 0 Å². The summed E-state index contributed by atoms with van der Waals surface area (Å²) in [5, 5.41) is 4.12. The van der Waals surface area contributed by atoms with E-state index in [1.165, 1.54) is 0 Å². The number of nitrogen functional groups attached to an aromatic ring is 1. The summed E-state index contributed by atoms with van der Waals surface area (Å²) < 4.78 is 16.0. The van der Waals surface area contributed by atoms with Gasteiger partial charge in [0.2, 0.25) is 0 Å². The van der Waals surface area contributed by atoms with Crippen LogP contribution in [0.2, 0.25) is 5.02 Å². The summed E-state index contributed by atoms with van der Waals surface area (Å²) in [6.07, 6.45) is 0. The molecule has 5 nitrogen and oxygen atoms in total. The molecule has 0 unspecified atom stereocenters. The van der Waals surface area contributed by atoms with Gasteiger partial charge in [-0.05, 0) is 6.07 Å². The van der Waals surface area contributed by atoms with Gasteiger partial charge in [0, 0.05) is 17.7 Å². The molecule has 1 aromatic carbocycles. The maximum Gasteiger partial charge on any atom is 0.170 e. The highest BCUT2D eigenvalue weighted by Gasteiger charge is 2.18. The topological polar surface area (TPSA) is 70.5 Å². The number of aromatic nitrogens is 1. The van der Waals surface area contributed by atoms with Crippen molar-refractivity contribution < 1.29 is 14.0 Å². The smallest absolute Gasteiger partial charge is 0.170 e. The maximum atomic E-state index is 6.14. The molecule has 0 radical (unpaired) electrons. The molecular formula is C11H9ClN2O3. The van der Waals surface area contributed by atoms with Gasteiger partial charge in [-0.25, -0.2) is 0 Å². The number of anilines is 1. The second-order valence-electron chi connectivity index (χ2n) is 3.59. The summed E-state index contributed by atoms with van der Waals surface area (Å²) in [6, 6.07) is 5.07. The van der Waals surface area contributed by atoms with Crippen LogP contribution in [0.1, 0.15) is 0 Å². The number of ether oxygens (including phenoxy) is 2. The third-order valence-corrected chi connectivity index (χ3v) is 2.74. The fourth-order valence-electron chi connectivity index (χ4n) is 1.67. The highest BCUT2D eigenvalue weighted by molar-refractivity contribution is 6.33. The highest BCUT2D eigenvalue weighted by Crippen LogP contribution is 2.40. The Morgan fingerprint density at radius 1 is 1.12 bits per heavy atom. The van der Waals surface area contributed by atoms with Crippen LogP contribution in [-0.4, -0.2) is 18.4 Å². The van der Waals surface area contributed by atoms with E-state index in [0.29, 0.717) is 46.9 Å². The van der Waals surface area contributed by atoms with Crippen LogP contribution < -0.4 is 15.2 Å². The van der Waals surface area contributed by atoms with E-state index in [4.69, 9.17) is 31.3 Å². The number of nitrogens with zero attached hydrogens (tertiary/aromatic N) is 1. The van der Waals surface area contributed by atoms with Gasteiger partial charge in [-0.2, -0.15) is 0 Å². The minimum atomic E-state index is 0.311. The molecule has 3 rings (SSSR count). The van der Waals surface area contributed by atoms with Crippen molar-refractivity contribution in [2.75, 3.05) is 18.9 Å². The second-order valence-corrected chi connectivity index (χ2v) is 4.00. The van der Waals surface area contributed by atoms with Crippen molar-refractivity contribution in [2.24, 2.45) is 0 Å². The largest absolute Gasteiger partial charge is 0.486 e. The number of hydrogen-bond donors (Lipinski definition) is 1. The lowest BCUT2D eigenvalue weighted by atomic mass is 10.1. The normalized spacial score (nSPS) is 13.7. The molecule has 1 aromatic heterocycles. The molecule has 0 saturated heterocycles. The summed E-state index contributed by atoms with van der Waals surface area (Å²) in [6.45, 7) is 1.05. The molecule has 1 aliphatic rings. The van der Waals surface area contributed by atoms with Gasteiger partial charge in [0.15, 0.2) is 23.1 Å². The number of hydrogen-bond acceptors (Lipinski definition) is 5. The number of rotatable bonds is 1. The Balaban J connectivity index is 2.11. The van der Waals surface area contributed by atoms with Crippen molar-refractivity contribution in [1.29, 1.82) is 0 Å². The first kappa shape index (κ1) is 10.3. The monoisotopic (exact) mass is 252 g/mol. The third-order valence-electron chi connectivity index (χ3n) is 2.43. The number of benzene rings is 1. The summed E-state index contributed by atoms with van der Waals surface area (Å²) in [4.78, 5) is 0. The lowest BCUT2D eigenvalue weighted by molar-refractivity contribution is 0.171. The Morgan fingerprint density at radius 2 is 1.82 bits per heavy atom. The lowest BCUT2D eigenvalue weighted by Crippen LogP contribution is -2.15. The first-order valence-corrected chi connectivity index (χ1v) is 5.43. The lowest BCUT2D eigenvalue weighted by Gasteiger charge is -2.19. The van der Waals surface area contributed by atoms with Crippen LogP contribution in [0, 0.1) is 0 Å². The van der Waals surface area contributed by atoms with Crippen LogP contribution in [0.4, 0.5) is 5.82 Å². The van der Waals surface area contributed by atoms with E-state index in [0.717, 1.165) is 0 Å². The Labute approximate surface area is 102 Å². The van der Waals surface area contributed by atoms with Crippen LogP contribution in [0.3, 0.4) is 0 Å². The fourth-order valence-corrected chi connectivity index (χ4v) is 1.92. The SMILES string of the molecule is Nc1cc(-c2cc3c(cc2Cl)OCCO3)on1. The molecule has 0 aliphatic carbocycles. The average Bonchev–Trinajstić information content (AvgIpc) is 2.75. The van der Waals surface area contributed by atoms with E-state index in [9.17, 15) is 0 Å². The zero-order valence-corrected chi connectivity index (χ0v) is 9.53. The number of nitrogens with two attached hydrogens (primary N) is 1. The molecular weight excluding hydrogens is 244 g/mol. The molecule has 6 heteroatoms. The predicted octanol–water partition coefficient (Wildman–Crippen LogP) is 2.35. The van der Waals surface area contributed by atoms with Crippen molar-refractivity contribution in [3.63, 3.8) is 0 Å². The Hall–Kier alpha value is -1.88. The minimum Gasteiger partial charge on any atom is -0.486 e. The summed E-state index contributed by atoms with van der Waals surface area (Å²) in [5.74, 6) is 2.10. The summed E-state index contributed by atoms with van der Waals surface area (Å²) in [7, 11) is 0. The van der Waals surface area contributed by atoms with Crippen LogP contribution in [0.15, 0.2) is 22.7 Å². The molecule has 17 heavy (non-hydrogen) atoms. The Bertz CT molecular complexity index is 568. The van der Waals surface area contributed by atoms with Gasteiger partial charge in [0.25, 0.3) is 0 Å². The molecule has 0 spiro atoms. The Kier molecular flexibility index (Phi) is 2.33. The van der Waals surface area contributed by atoms with E-state index < -0.39 is 0 Å². The average molecular weight is 253 g/mol. The van der Waals surface area contributed by atoms with E-state index in [2.05, 4.69) is 5.16 Å². The standard InChI is InChI=1S/C11H9ClN2O3/c12-7-4-10-9(15-1-2-16-10)3-6(7)8-5-11(13)14-17-8/h3-5H,1-2H2,(H2,13,14). The second kappa shape index (κ2) is 3.85. The van der Waals surface area contributed by atoms with Crippen molar-refractivity contribution >= 4 is 17.4 Å². The zero-order chi connectivity index (χ0) is 11.8. The fraction of sp³-hybridized carbons (Fsp3) is 0.182. The van der Waals surface area contributed by atoms with E-state index in [1.54, 1.807) is 18.2 Å². The molecule has 0 fully saturated rings. The van der Waals surface area contributed by atoms with Gasteiger partial charge in [0.1, 0.15) is 13.2 Å². The van der Waals surface area contributed by atoms with Gasteiger partial charge in [-0.15, -0.1) is 0 Å². The number of fused-ring (bicyclic) bond motifs is 1. The Morgan fingerprint density at radius 3 is 2.47 bits per heavy atom. The van der Waals surface area contributed by atoms with E-state index >= 15 is 0 Å². The molecule has 0 saturated carbocycles. The van der Waals surface area contributed by atoms with Crippen LogP contribution in [-0.2, 0) is 0 Å². The van der Waals surface area contributed by atoms with E-state index in [-0.39, 0.29) is 0 Å². The molecule has 0 bridgehead atoms. The molecule has 2 heterocycles. The van der Waals surface area contributed by atoms with Crippen molar-refractivity contribution in [3.05, 3.63) is 23.2 Å².